The molecule has 6 heteroatoms. The quantitative estimate of drug-likeness (QED) is 0.884. The maximum Gasteiger partial charge on any atom is 0.244 e. The van der Waals surface area contributed by atoms with Gasteiger partial charge >= 0.3 is 0 Å². The number of rotatable bonds is 6. The van der Waals surface area contributed by atoms with E-state index in [1.807, 2.05) is 25.1 Å². The van der Waals surface area contributed by atoms with Gasteiger partial charge in [0.25, 0.3) is 0 Å². The summed E-state index contributed by atoms with van der Waals surface area (Å²) in [5, 5.41) is 7.16. The Morgan fingerprint density at radius 3 is 2.79 bits per heavy atom. The minimum absolute atomic E-state index is 0.0401. The lowest BCUT2D eigenvalue weighted by molar-refractivity contribution is -0.124. The summed E-state index contributed by atoms with van der Waals surface area (Å²) in [7, 11) is 1.70. The number of hydrogen-bond donors (Lipinski definition) is 1. The first-order valence-electron chi connectivity index (χ1n) is 8.42. The van der Waals surface area contributed by atoms with Crippen LogP contribution < -0.4 is 10.1 Å². The molecule has 1 atom stereocenters. The van der Waals surface area contributed by atoms with E-state index in [0.717, 1.165) is 18.6 Å². The largest absolute Gasteiger partial charge is 0.496 e. The standard InChI is InChI=1S/C18H24N4O2/c1-14(22-13-19-12-21-22)17(23)20-11-18(9-5-6-10-18)15-7-3-4-8-16(15)24-2/h3-4,7-8,12-14H,5-6,9-11H2,1-2H3,(H,20,23)/t14-/m0/s1. The number of nitrogens with one attached hydrogen (secondary N) is 1. The third-order valence-corrected chi connectivity index (χ3v) is 5.05. The topological polar surface area (TPSA) is 69.0 Å². The Hall–Kier alpha value is -2.37. The van der Waals surface area contributed by atoms with Crippen LogP contribution in [0.2, 0.25) is 0 Å². The van der Waals surface area contributed by atoms with Crippen LogP contribution in [0.25, 0.3) is 0 Å². The number of carbonyl (C=O) groups excluding carboxylic acids is 1. The fourth-order valence-corrected chi connectivity index (χ4v) is 3.62. The van der Waals surface area contributed by atoms with Gasteiger partial charge in [-0.25, -0.2) is 9.67 Å². The molecule has 0 bridgehead atoms. The molecule has 2 aromatic rings. The second kappa shape index (κ2) is 7.03. The molecule has 1 N–H and O–H groups in total. The third-order valence-electron chi connectivity index (χ3n) is 5.05. The smallest absolute Gasteiger partial charge is 0.244 e. The molecule has 1 saturated carbocycles. The number of methoxy groups -OCH3 is 1. The van der Waals surface area contributed by atoms with Gasteiger partial charge in [0.2, 0.25) is 5.91 Å². The average molecular weight is 328 g/mol. The van der Waals surface area contributed by atoms with Crippen LogP contribution >= 0.6 is 0 Å². The van der Waals surface area contributed by atoms with Gasteiger partial charge in [0.15, 0.2) is 0 Å². The maximum atomic E-state index is 12.5. The summed E-state index contributed by atoms with van der Waals surface area (Å²) in [4.78, 5) is 16.4. The lowest BCUT2D eigenvalue weighted by atomic mass is 9.78. The van der Waals surface area contributed by atoms with Gasteiger partial charge in [-0.05, 0) is 25.8 Å². The van der Waals surface area contributed by atoms with Gasteiger partial charge in [0.05, 0.1) is 7.11 Å². The number of nitrogens with zero attached hydrogens (tertiary/aromatic N) is 3. The summed E-state index contributed by atoms with van der Waals surface area (Å²) < 4.78 is 7.13. The van der Waals surface area contributed by atoms with Gasteiger partial charge in [-0.3, -0.25) is 4.79 Å². The molecular weight excluding hydrogens is 304 g/mol. The molecule has 1 fully saturated rings. The molecule has 0 radical (unpaired) electrons. The highest BCUT2D eigenvalue weighted by molar-refractivity contribution is 5.79. The van der Waals surface area contributed by atoms with Gasteiger partial charge in [0, 0.05) is 17.5 Å². The zero-order valence-electron chi connectivity index (χ0n) is 14.2. The Bertz CT molecular complexity index is 678. The fourth-order valence-electron chi connectivity index (χ4n) is 3.62. The van der Waals surface area contributed by atoms with Crippen LogP contribution in [-0.2, 0) is 10.2 Å². The number of aromatic nitrogens is 3. The molecule has 3 rings (SSSR count). The summed E-state index contributed by atoms with van der Waals surface area (Å²) in [6, 6.07) is 7.77. The van der Waals surface area contributed by atoms with Crippen LogP contribution in [0.15, 0.2) is 36.9 Å². The van der Waals surface area contributed by atoms with E-state index in [9.17, 15) is 4.79 Å². The van der Waals surface area contributed by atoms with E-state index < -0.39 is 0 Å². The van der Waals surface area contributed by atoms with Crippen molar-refractivity contribution in [2.45, 2.75) is 44.1 Å². The molecule has 6 nitrogen and oxygen atoms in total. The highest BCUT2D eigenvalue weighted by atomic mass is 16.5. The van der Waals surface area contributed by atoms with Crippen molar-refractivity contribution in [3.63, 3.8) is 0 Å². The van der Waals surface area contributed by atoms with Crippen molar-refractivity contribution in [1.82, 2.24) is 20.1 Å². The van der Waals surface area contributed by atoms with Crippen LogP contribution in [-0.4, -0.2) is 34.3 Å². The molecular formula is C18H24N4O2. The molecule has 1 amide bonds. The lowest BCUT2D eigenvalue weighted by Crippen LogP contribution is -2.41. The van der Waals surface area contributed by atoms with E-state index in [1.165, 1.54) is 24.7 Å². The molecule has 0 spiro atoms. The third kappa shape index (κ3) is 3.13. The second-order valence-electron chi connectivity index (χ2n) is 6.46. The molecule has 128 valence electrons. The van der Waals surface area contributed by atoms with Crippen molar-refractivity contribution in [3.8, 4) is 5.75 Å². The summed E-state index contributed by atoms with van der Waals surface area (Å²) in [6.45, 7) is 2.44. The first-order valence-corrected chi connectivity index (χ1v) is 8.42. The predicted octanol–water partition coefficient (Wildman–Crippen LogP) is 2.48. The fraction of sp³-hybridized carbons (Fsp3) is 0.500. The van der Waals surface area contributed by atoms with E-state index in [1.54, 1.807) is 18.1 Å². The van der Waals surface area contributed by atoms with Crippen LogP contribution in [0.4, 0.5) is 0 Å². The van der Waals surface area contributed by atoms with Crippen LogP contribution in [0, 0.1) is 0 Å². The van der Waals surface area contributed by atoms with Crippen molar-refractivity contribution in [3.05, 3.63) is 42.5 Å². The molecule has 0 aliphatic heterocycles. The zero-order valence-corrected chi connectivity index (χ0v) is 14.2. The normalized spacial score (nSPS) is 17.4. The summed E-state index contributed by atoms with van der Waals surface area (Å²) in [5.41, 5.74) is 1.14. The summed E-state index contributed by atoms with van der Waals surface area (Å²) in [5.74, 6) is 0.861. The van der Waals surface area contributed by atoms with Crippen LogP contribution in [0.5, 0.6) is 5.75 Å². The summed E-state index contributed by atoms with van der Waals surface area (Å²) >= 11 is 0. The Kier molecular flexibility index (Phi) is 4.83. The molecule has 24 heavy (non-hydrogen) atoms. The number of ether oxygens (including phenoxy) is 1. The van der Waals surface area contributed by atoms with E-state index in [0.29, 0.717) is 6.54 Å². The number of hydrogen-bond acceptors (Lipinski definition) is 4. The average Bonchev–Trinajstić information content (AvgIpc) is 3.31. The zero-order chi connectivity index (χ0) is 17.0. The van der Waals surface area contributed by atoms with E-state index in [2.05, 4.69) is 21.5 Å². The van der Waals surface area contributed by atoms with E-state index >= 15 is 0 Å². The molecule has 1 aliphatic carbocycles. The number of carbonyl (C=O) groups is 1. The van der Waals surface area contributed by atoms with Crippen molar-refractivity contribution < 1.29 is 9.53 Å². The maximum absolute atomic E-state index is 12.5. The van der Waals surface area contributed by atoms with Crippen molar-refractivity contribution >= 4 is 5.91 Å². The van der Waals surface area contributed by atoms with Gasteiger partial charge in [-0.15, -0.1) is 0 Å². The minimum atomic E-state index is -0.372. The predicted molar refractivity (Wildman–Crippen MR) is 90.9 cm³/mol. The first kappa shape index (κ1) is 16.5. The minimum Gasteiger partial charge on any atom is -0.496 e. The van der Waals surface area contributed by atoms with Crippen molar-refractivity contribution in [1.29, 1.82) is 0 Å². The number of para-hydroxylation sites is 1. The van der Waals surface area contributed by atoms with Gasteiger partial charge < -0.3 is 10.1 Å². The van der Waals surface area contributed by atoms with E-state index in [-0.39, 0.29) is 17.4 Å². The first-order chi connectivity index (χ1) is 11.7. The molecule has 0 unspecified atom stereocenters. The number of amides is 1. The molecule has 1 aromatic heterocycles. The van der Waals surface area contributed by atoms with E-state index in [4.69, 9.17) is 4.74 Å². The molecule has 1 aromatic carbocycles. The summed E-state index contributed by atoms with van der Waals surface area (Å²) in [6.07, 6.45) is 7.47. The van der Waals surface area contributed by atoms with Crippen LogP contribution in [0.1, 0.15) is 44.2 Å². The Morgan fingerprint density at radius 2 is 2.12 bits per heavy atom. The second-order valence-corrected chi connectivity index (χ2v) is 6.46. The SMILES string of the molecule is COc1ccccc1C1(CNC(=O)[C@H](C)n2cncn2)CCCC1. The van der Waals surface area contributed by atoms with Crippen molar-refractivity contribution in [2.75, 3.05) is 13.7 Å². The Morgan fingerprint density at radius 1 is 1.38 bits per heavy atom. The highest BCUT2D eigenvalue weighted by Gasteiger charge is 2.38. The number of benzene rings is 1. The van der Waals surface area contributed by atoms with Gasteiger partial charge in [-0.1, -0.05) is 31.0 Å². The van der Waals surface area contributed by atoms with Gasteiger partial charge in [0.1, 0.15) is 24.4 Å². The molecule has 1 heterocycles. The van der Waals surface area contributed by atoms with Gasteiger partial charge in [-0.2, -0.15) is 5.10 Å². The van der Waals surface area contributed by atoms with Crippen molar-refractivity contribution in [2.24, 2.45) is 0 Å². The van der Waals surface area contributed by atoms with Crippen LogP contribution in [0.3, 0.4) is 0 Å². The monoisotopic (exact) mass is 328 g/mol. The highest BCUT2D eigenvalue weighted by Crippen LogP contribution is 2.44. The molecule has 1 aliphatic rings. The Balaban J connectivity index is 1.76. The Labute approximate surface area is 142 Å². The lowest BCUT2D eigenvalue weighted by Gasteiger charge is -2.31. The molecule has 0 saturated heterocycles.